The first-order valence-corrected chi connectivity index (χ1v) is 4.13. The molecular weight excluding hydrogens is 148 g/mol. The van der Waals surface area contributed by atoms with Gasteiger partial charge in [-0.1, -0.05) is 13.8 Å². The van der Waals surface area contributed by atoms with Gasteiger partial charge in [0.1, 0.15) is 0 Å². The van der Waals surface area contributed by atoms with Crippen molar-refractivity contribution in [3.8, 4) is 0 Å². The Kier molecular flexibility index (Phi) is 2.82. The lowest BCUT2D eigenvalue weighted by Gasteiger charge is -2.36. The summed E-state index contributed by atoms with van der Waals surface area (Å²) in [6.07, 6.45) is -0.814. The third-order valence-electron chi connectivity index (χ3n) is 2.10. The highest BCUT2D eigenvalue weighted by molar-refractivity contribution is 4.86. The fourth-order valence-corrected chi connectivity index (χ4v) is 1.48. The van der Waals surface area contributed by atoms with Crippen LogP contribution in [0.3, 0.4) is 0 Å². The van der Waals surface area contributed by atoms with E-state index in [-0.39, 0.29) is 5.92 Å². The van der Waals surface area contributed by atoms with Crippen molar-refractivity contribution in [2.45, 2.75) is 45.2 Å². The number of rotatable bonds is 3. The van der Waals surface area contributed by atoms with E-state index in [4.69, 9.17) is 0 Å². The number of hydrogen-bond donors (Lipinski definition) is 1. The fourth-order valence-electron chi connectivity index (χ4n) is 1.48. The summed E-state index contributed by atoms with van der Waals surface area (Å²) in [5.41, 5.74) is 0. The third-order valence-corrected chi connectivity index (χ3v) is 2.10. The predicted octanol–water partition coefficient (Wildman–Crippen LogP) is 2.03. The van der Waals surface area contributed by atoms with Crippen molar-refractivity contribution in [2.75, 3.05) is 0 Å². The van der Waals surface area contributed by atoms with Crippen LogP contribution in [-0.2, 0) is 0 Å². The summed E-state index contributed by atoms with van der Waals surface area (Å²) in [5, 5.41) is 3.23. The second-order valence-corrected chi connectivity index (χ2v) is 3.58. The normalized spacial score (nSPS) is 31.1. The van der Waals surface area contributed by atoms with Crippen LogP contribution in [0.4, 0.5) is 8.78 Å². The zero-order valence-electron chi connectivity index (χ0n) is 6.98. The van der Waals surface area contributed by atoms with Crippen molar-refractivity contribution in [2.24, 2.45) is 5.92 Å². The van der Waals surface area contributed by atoms with Crippen LogP contribution in [0.15, 0.2) is 0 Å². The second-order valence-electron chi connectivity index (χ2n) is 3.58. The molecule has 1 aliphatic rings. The van der Waals surface area contributed by atoms with E-state index in [9.17, 15) is 8.78 Å². The summed E-state index contributed by atoms with van der Waals surface area (Å²) in [4.78, 5) is 0. The van der Waals surface area contributed by atoms with Gasteiger partial charge >= 0.3 is 0 Å². The smallest absolute Gasteiger partial charge is 0.241 e. The molecule has 1 aliphatic carbocycles. The lowest BCUT2D eigenvalue weighted by molar-refractivity contribution is 0.0142. The van der Waals surface area contributed by atoms with Crippen molar-refractivity contribution in [1.29, 1.82) is 0 Å². The van der Waals surface area contributed by atoms with Crippen molar-refractivity contribution in [1.82, 2.24) is 5.32 Å². The molecule has 0 bridgehead atoms. The van der Waals surface area contributed by atoms with E-state index in [1.807, 2.05) is 13.8 Å². The Morgan fingerprint density at radius 2 is 1.82 bits per heavy atom. The molecule has 0 aromatic carbocycles. The summed E-state index contributed by atoms with van der Waals surface area (Å²) in [6.45, 7) is 4.07. The lowest BCUT2D eigenvalue weighted by atomic mass is 9.80. The van der Waals surface area contributed by atoms with Gasteiger partial charge in [-0.15, -0.1) is 0 Å². The Labute approximate surface area is 66.2 Å². The van der Waals surface area contributed by atoms with Gasteiger partial charge in [0.25, 0.3) is 0 Å². The number of hydrogen-bond acceptors (Lipinski definition) is 1. The molecule has 0 radical (unpaired) electrons. The Balaban J connectivity index is 2.09. The molecule has 1 rings (SSSR count). The van der Waals surface area contributed by atoms with Crippen molar-refractivity contribution in [3.05, 3.63) is 0 Å². The monoisotopic (exact) mass is 163 g/mol. The average molecular weight is 163 g/mol. The van der Waals surface area contributed by atoms with Gasteiger partial charge in [-0.05, 0) is 12.8 Å². The van der Waals surface area contributed by atoms with Crippen molar-refractivity contribution >= 4 is 0 Å². The molecule has 0 spiro atoms. The maximum absolute atomic E-state index is 12.0. The van der Waals surface area contributed by atoms with E-state index in [2.05, 4.69) is 5.32 Å². The minimum Gasteiger partial charge on any atom is -0.312 e. The molecule has 11 heavy (non-hydrogen) atoms. The van der Waals surface area contributed by atoms with E-state index in [0.29, 0.717) is 24.9 Å². The van der Waals surface area contributed by atoms with Gasteiger partial charge in [-0.2, -0.15) is 0 Å². The zero-order valence-corrected chi connectivity index (χ0v) is 6.98. The van der Waals surface area contributed by atoms with Gasteiger partial charge in [-0.3, -0.25) is 0 Å². The van der Waals surface area contributed by atoms with E-state index >= 15 is 0 Å². The standard InChI is InChI=1S/C8H15F2N/c1-5(2)11-7-3-6(4-7)8(9)10/h5-8,11H,3-4H2,1-2H3. The summed E-state index contributed by atoms with van der Waals surface area (Å²) in [6, 6.07) is 0.757. The Morgan fingerprint density at radius 1 is 1.27 bits per heavy atom. The van der Waals surface area contributed by atoms with Gasteiger partial charge in [0.05, 0.1) is 0 Å². The molecule has 1 nitrogen and oxygen atoms in total. The molecule has 0 aromatic heterocycles. The van der Waals surface area contributed by atoms with Crippen molar-refractivity contribution in [3.63, 3.8) is 0 Å². The quantitative estimate of drug-likeness (QED) is 0.671. The molecule has 1 fully saturated rings. The molecule has 0 heterocycles. The zero-order chi connectivity index (χ0) is 8.43. The second kappa shape index (κ2) is 3.48. The molecular formula is C8H15F2N. The minimum atomic E-state index is -2.11. The van der Waals surface area contributed by atoms with Gasteiger partial charge in [0, 0.05) is 18.0 Å². The van der Waals surface area contributed by atoms with Crippen LogP contribution < -0.4 is 5.32 Å². The van der Waals surface area contributed by atoms with Crippen LogP contribution in [0.2, 0.25) is 0 Å². The molecule has 3 heteroatoms. The lowest BCUT2D eigenvalue weighted by Crippen LogP contribution is -2.46. The van der Waals surface area contributed by atoms with Crippen LogP contribution >= 0.6 is 0 Å². The average Bonchev–Trinajstić information content (AvgIpc) is 1.75. The first-order valence-electron chi connectivity index (χ1n) is 4.13. The topological polar surface area (TPSA) is 12.0 Å². The minimum absolute atomic E-state index is 0.341. The molecule has 66 valence electrons. The summed E-state index contributed by atoms with van der Waals surface area (Å²) in [7, 11) is 0. The summed E-state index contributed by atoms with van der Waals surface area (Å²) < 4.78 is 23.9. The highest BCUT2D eigenvalue weighted by atomic mass is 19.3. The van der Waals surface area contributed by atoms with E-state index in [1.165, 1.54) is 0 Å². The molecule has 0 amide bonds. The maximum Gasteiger partial charge on any atom is 0.241 e. The van der Waals surface area contributed by atoms with Gasteiger partial charge in [0.15, 0.2) is 0 Å². The van der Waals surface area contributed by atoms with E-state index in [0.717, 1.165) is 0 Å². The summed E-state index contributed by atoms with van der Waals surface area (Å²) >= 11 is 0. The molecule has 1 N–H and O–H groups in total. The van der Waals surface area contributed by atoms with Gasteiger partial charge in [0.2, 0.25) is 6.43 Å². The fraction of sp³-hybridized carbons (Fsp3) is 1.00. The largest absolute Gasteiger partial charge is 0.312 e. The first kappa shape index (κ1) is 8.91. The van der Waals surface area contributed by atoms with E-state index in [1.54, 1.807) is 0 Å². The number of nitrogens with one attached hydrogen (secondary N) is 1. The van der Waals surface area contributed by atoms with Crippen LogP contribution in [0.5, 0.6) is 0 Å². The van der Waals surface area contributed by atoms with Crippen LogP contribution in [0.1, 0.15) is 26.7 Å². The Hall–Kier alpha value is -0.180. The highest BCUT2D eigenvalue weighted by Gasteiger charge is 2.35. The van der Waals surface area contributed by atoms with Crippen molar-refractivity contribution < 1.29 is 8.78 Å². The maximum atomic E-state index is 12.0. The Morgan fingerprint density at radius 3 is 2.18 bits per heavy atom. The molecule has 1 saturated carbocycles. The SMILES string of the molecule is CC(C)NC1CC(C(F)F)C1. The van der Waals surface area contributed by atoms with Gasteiger partial charge in [-0.25, -0.2) is 8.78 Å². The molecule has 0 aromatic rings. The van der Waals surface area contributed by atoms with Crippen LogP contribution in [-0.4, -0.2) is 18.5 Å². The molecule has 0 unspecified atom stereocenters. The Bertz CT molecular complexity index is 119. The summed E-state index contributed by atoms with van der Waals surface area (Å²) in [5.74, 6) is -0.341. The number of halogens is 2. The predicted molar refractivity (Wildman–Crippen MR) is 40.8 cm³/mol. The first-order chi connectivity index (χ1) is 5.09. The third kappa shape index (κ3) is 2.40. The van der Waals surface area contributed by atoms with Crippen LogP contribution in [0.25, 0.3) is 0 Å². The van der Waals surface area contributed by atoms with E-state index < -0.39 is 6.43 Å². The molecule has 0 saturated heterocycles. The highest BCUT2D eigenvalue weighted by Crippen LogP contribution is 2.32. The number of alkyl halides is 2. The van der Waals surface area contributed by atoms with Gasteiger partial charge < -0.3 is 5.32 Å². The molecule has 0 atom stereocenters. The van der Waals surface area contributed by atoms with Crippen LogP contribution in [0, 0.1) is 5.92 Å². The molecule has 0 aliphatic heterocycles.